The third-order valence-electron chi connectivity index (χ3n) is 3.15. The number of nitrogens with zero attached hydrogens (tertiary/aromatic N) is 1. The zero-order valence-corrected chi connectivity index (χ0v) is 8.95. The van der Waals surface area contributed by atoms with Crippen LogP contribution in [0.5, 0.6) is 0 Å². The first kappa shape index (κ1) is 10.7. The topological polar surface area (TPSA) is 67.6 Å². The van der Waals surface area contributed by atoms with Gasteiger partial charge in [0.15, 0.2) is 0 Å². The van der Waals surface area contributed by atoms with Crippen LogP contribution in [-0.4, -0.2) is 49.8 Å². The minimum atomic E-state index is -0.285. The highest BCUT2D eigenvalue weighted by molar-refractivity contribution is 5.69. The van der Waals surface area contributed by atoms with Gasteiger partial charge in [0, 0.05) is 13.1 Å². The second kappa shape index (κ2) is 4.81. The molecule has 2 saturated heterocycles. The second-order valence-electron chi connectivity index (χ2n) is 4.41. The van der Waals surface area contributed by atoms with Crippen molar-refractivity contribution in [2.24, 2.45) is 11.7 Å². The van der Waals surface area contributed by atoms with Gasteiger partial charge in [0.05, 0.1) is 6.54 Å². The molecule has 0 spiro atoms. The maximum atomic E-state index is 10.8. The molecule has 86 valence electrons. The first-order valence-corrected chi connectivity index (χ1v) is 5.65. The van der Waals surface area contributed by atoms with Gasteiger partial charge in [-0.1, -0.05) is 0 Å². The fourth-order valence-corrected chi connectivity index (χ4v) is 2.33. The Morgan fingerprint density at radius 3 is 3.13 bits per heavy atom. The zero-order valence-electron chi connectivity index (χ0n) is 8.95. The molecule has 5 heteroatoms. The van der Waals surface area contributed by atoms with Crippen molar-refractivity contribution in [2.75, 3.05) is 32.7 Å². The van der Waals surface area contributed by atoms with E-state index in [1.54, 1.807) is 0 Å². The van der Waals surface area contributed by atoms with Crippen LogP contribution in [0.1, 0.15) is 12.8 Å². The molecule has 5 nitrogen and oxygen atoms in total. The molecule has 0 bridgehead atoms. The van der Waals surface area contributed by atoms with Gasteiger partial charge in [-0.3, -0.25) is 4.90 Å². The Morgan fingerprint density at radius 2 is 2.47 bits per heavy atom. The van der Waals surface area contributed by atoms with Gasteiger partial charge in [-0.05, 0) is 31.8 Å². The SMILES string of the molecule is NCC1CCCN(CC2CNC(=O)O2)C1. The van der Waals surface area contributed by atoms with Gasteiger partial charge in [-0.15, -0.1) is 0 Å². The smallest absolute Gasteiger partial charge is 0.407 e. The number of cyclic esters (lactones) is 1. The quantitative estimate of drug-likeness (QED) is 0.679. The molecule has 1 amide bonds. The zero-order chi connectivity index (χ0) is 10.7. The standard InChI is InChI=1S/C10H19N3O2/c11-4-8-2-1-3-13(6-8)7-9-5-12-10(14)15-9/h8-9H,1-7,11H2,(H,12,14). The third kappa shape index (κ3) is 2.82. The van der Waals surface area contributed by atoms with E-state index in [0.29, 0.717) is 12.5 Å². The van der Waals surface area contributed by atoms with E-state index in [-0.39, 0.29) is 12.2 Å². The molecule has 0 aromatic rings. The van der Waals surface area contributed by atoms with Crippen LogP contribution in [-0.2, 0) is 4.74 Å². The Kier molecular flexibility index (Phi) is 3.43. The van der Waals surface area contributed by atoms with Crippen molar-refractivity contribution in [1.29, 1.82) is 0 Å². The number of amides is 1. The highest BCUT2D eigenvalue weighted by atomic mass is 16.6. The fourth-order valence-electron chi connectivity index (χ4n) is 2.33. The number of nitrogens with two attached hydrogens (primary N) is 1. The number of piperidine rings is 1. The van der Waals surface area contributed by atoms with Crippen molar-refractivity contribution in [2.45, 2.75) is 18.9 Å². The van der Waals surface area contributed by atoms with Gasteiger partial charge in [0.2, 0.25) is 0 Å². The summed E-state index contributed by atoms with van der Waals surface area (Å²) in [6, 6.07) is 0. The van der Waals surface area contributed by atoms with Crippen LogP contribution in [0.3, 0.4) is 0 Å². The lowest BCUT2D eigenvalue weighted by Crippen LogP contribution is -2.42. The Hall–Kier alpha value is -0.810. The van der Waals surface area contributed by atoms with E-state index >= 15 is 0 Å². The molecule has 0 radical (unpaired) electrons. The molecule has 2 heterocycles. The number of carbonyl (C=O) groups is 1. The summed E-state index contributed by atoms with van der Waals surface area (Å²) >= 11 is 0. The molecular formula is C10H19N3O2. The summed E-state index contributed by atoms with van der Waals surface area (Å²) in [7, 11) is 0. The van der Waals surface area contributed by atoms with Gasteiger partial charge < -0.3 is 15.8 Å². The molecule has 2 aliphatic rings. The summed E-state index contributed by atoms with van der Waals surface area (Å²) in [5, 5.41) is 2.67. The van der Waals surface area contributed by atoms with Crippen molar-refractivity contribution in [3.8, 4) is 0 Å². The van der Waals surface area contributed by atoms with Crippen molar-refractivity contribution >= 4 is 6.09 Å². The Bertz CT molecular complexity index is 235. The summed E-state index contributed by atoms with van der Waals surface area (Å²) in [5.41, 5.74) is 5.67. The van der Waals surface area contributed by atoms with Crippen LogP contribution in [0, 0.1) is 5.92 Å². The molecule has 2 unspecified atom stereocenters. The minimum absolute atomic E-state index is 0.0222. The van der Waals surface area contributed by atoms with Crippen LogP contribution in [0.25, 0.3) is 0 Å². The Balaban J connectivity index is 1.76. The average Bonchev–Trinajstić information content (AvgIpc) is 2.64. The largest absolute Gasteiger partial charge is 0.443 e. The number of rotatable bonds is 3. The minimum Gasteiger partial charge on any atom is -0.443 e. The highest BCUT2D eigenvalue weighted by Gasteiger charge is 2.27. The molecule has 0 aliphatic carbocycles. The van der Waals surface area contributed by atoms with Crippen molar-refractivity contribution in [3.63, 3.8) is 0 Å². The molecule has 0 saturated carbocycles. The van der Waals surface area contributed by atoms with Crippen LogP contribution in [0.4, 0.5) is 4.79 Å². The molecular weight excluding hydrogens is 194 g/mol. The van der Waals surface area contributed by atoms with Crippen LogP contribution >= 0.6 is 0 Å². The van der Waals surface area contributed by atoms with Gasteiger partial charge >= 0.3 is 6.09 Å². The Labute approximate surface area is 89.9 Å². The number of nitrogens with one attached hydrogen (secondary N) is 1. The van der Waals surface area contributed by atoms with Crippen molar-refractivity contribution in [3.05, 3.63) is 0 Å². The van der Waals surface area contributed by atoms with E-state index in [2.05, 4.69) is 10.2 Å². The molecule has 0 aromatic carbocycles. The lowest BCUT2D eigenvalue weighted by molar-refractivity contribution is 0.0886. The summed E-state index contributed by atoms with van der Waals surface area (Å²) in [5.74, 6) is 0.615. The lowest BCUT2D eigenvalue weighted by atomic mass is 9.98. The van der Waals surface area contributed by atoms with E-state index in [9.17, 15) is 4.79 Å². The van der Waals surface area contributed by atoms with Gasteiger partial charge in [-0.2, -0.15) is 0 Å². The number of alkyl carbamates (subject to hydrolysis) is 1. The van der Waals surface area contributed by atoms with E-state index < -0.39 is 0 Å². The molecule has 2 rings (SSSR count). The first-order valence-electron chi connectivity index (χ1n) is 5.65. The van der Waals surface area contributed by atoms with Gasteiger partial charge in [-0.25, -0.2) is 4.79 Å². The normalized spacial score (nSPS) is 32.5. The van der Waals surface area contributed by atoms with Gasteiger partial charge in [0.25, 0.3) is 0 Å². The van der Waals surface area contributed by atoms with Crippen molar-refractivity contribution in [1.82, 2.24) is 10.2 Å². The lowest BCUT2D eigenvalue weighted by Gasteiger charge is -2.32. The second-order valence-corrected chi connectivity index (χ2v) is 4.41. The van der Waals surface area contributed by atoms with E-state index in [1.807, 2.05) is 0 Å². The molecule has 2 atom stereocenters. The molecule has 15 heavy (non-hydrogen) atoms. The van der Waals surface area contributed by atoms with E-state index in [1.165, 1.54) is 12.8 Å². The fraction of sp³-hybridized carbons (Fsp3) is 0.900. The molecule has 0 aromatic heterocycles. The summed E-state index contributed by atoms with van der Waals surface area (Å²) in [6.45, 7) is 4.40. The van der Waals surface area contributed by atoms with E-state index in [4.69, 9.17) is 10.5 Å². The number of carbonyl (C=O) groups excluding carboxylic acids is 1. The molecule has 2 fully saturated rings. The summed E-state index contributed by atoms with van der Waals surface area (Å²) < 4.78 is 5.11. The van der Waals surface area contributed by atoms with Gasteiger partial charge in [0.1, 0.15) is 6.10 Å². The van der Waals surface area contributed by atoms with Crippen molar-refractivity contribution < 1.29 is 9.53 Å². The van der Waals surface area contributed by atoms with Crippen LogP contribution in [0.15, 0.2) is 0 Å². The van der Waals surface area contributed by atoms with Crippen LogP contribution in [0.2, 0.25) is 0 Å². The maximum Gasteiger partial charge on any atom is 0.407 e. The molecule has 2 aliphatic heterocycles. The van der Waals surface area contributed by atoms with Crippen LogP contribution < -0.4 is 11.1 Å². The average molecular weight is 213 g/mol. The maximum absolute atomic E-state index is 10.8. The first-order chi connectivity index (χ1) is 7.28. The molecule has 3 N–H and O–H groups in total. The number of hydrogen-bond acceptors (Lipinski definition) is 4. The summed E-state index contributed by atoms with van der Waals surface area (Å²) in [4.78, 5) is 13.2. The third-order valence-corrected chi connectivity index (χ3v) is 3.15. The number of ether oxygens (including phenoxy) is 1. The number of likely N-dealkylation sites (tertiary alicyclic amines) is 1. The number of hydrogen-bond donors (Lipinski definition) is 2. The predicted molar refractivity (Wildman–Crippen MR) is 56.5 cm³/mol. The summed E-state index contributed by atoms with van der Waals surface area (Å²) in [6.07, 6.45) is 2.17. The monoisotopic (exact) mass is 213 g/mol. The van der Waals surface area contributed by atoms with E-state index in [0.717, 1.165) is 26.2 Å². The highest BCUT2D eigenvalue weighted by Crippen LogP contribution is 2.16. The Morgan fingerprint density at radius 1 is 1.60 bits per heavy atom. The predicted octanol–water partition coefficient (Wildman–Crippen LogP) is -0.234.